The molecule has 1 heterocycles. The number of amides is 2. The molecule has 0 saturated heterocycles. The molecule has 0 spiro atoms. The predicted octanol–water partition coefficient (Wildman–Crippen LogP) is 3.44. The van der Waals surface area contributed by atoms with Gasteiger partial charge in [-0.1, -0.05) is 17.8 Å². The van der Waals surface area contributed by atoms with Gasteiger partial charge in [-0.25, -0.2) is 0 Å². The largest absolute Gasteiger partial charge is 0.497 e. The number of thioether (sulfide) groups is 1. The number of ether oxygens (including phenoxy) is 2. The van der Waals surface area contributed by atoms with E-state index in [9.17, 15) is 9.59 Å². The van der Waals surface area contributed by atoms with E-state index in [1.165, 1.54) is 14.0 Å². The Hall–Kier alpha value is -3.53. The summed E-state index contributed by atoms with van der Waals surface area (Å²) in [6, 6.07) is 12.2. The topological polar surface area (TPSA) is 116 Å². The number of nitrogens with zero attached hydrogens (tertiary/aromatic N) is 2. The zero-order chi connectivity index (χ0) is 21.5. The molecule has 0 unspecified atom stereocenters. The molecule has 3 aromatic rings. The van der Waals surface area contributed by atoms with Crippen molar-refractivity contribution in [2.75, 3.05) is 30.6 Å². The standard InChI is InChI=1S/C20H20N4O5S/c1-12(25)21-14-6-4-5-13(9-14)19-23-24-20(29-19)30-11-18(26)22-16-10-15(27-2)7-8-17(16)28-3/h4-10H,11H2,1-3H3,(H,21,25)(H,22,26). The molecular formula is C20H20N4O5S. The number of methoxy groups -OCH3 is 2. The maximum atomic E-state index is 12.3. The van der Waals surface area contributed by atoms with E-state index in [0.717, 1.165) is 11.8 Å². The number of nitrogens with one attached hydrogen (secondary N) is 2. The van der Waals surface area contributed by atoms with Gasteiger partial charge < -0.3 is 24.5 Å². The lowest BCUT2D eigenvalue weighted by molar-refractivity contribution is -0.114. The number of anilines is 2. The maximum absolute atomic E-state index is 12.3. The average molecular weight is 428 g/mol. The van der Waals surface area contributed by atoms with Crippen molar-refractivity contribution in [2.45, 2.75) is 12.1 Å². The summed E-state index contributed by atoms with van der Waals surface area (Å²) in [7, 11) is 3.06. The van der Waals surface area contributed by atoms with Crippen LogP contribution in [0.2, 0.25) is 0 Å². The van der Waals surface area contributed by atoms with Crippen LogP contribution in [0.15, 0.2) is 52.1 Å². The first-order valence-corrected chi connectivity index (χ1v) is 9.83. The second-order valence-electron chi connectivity index (χ2n) is 6.04. The lowest BCUT2D eigenvalue weighted by Crippen LogP contribution is -2.14. The molecule has 2 aromatic carbocycles. The molecule has 3 rings (SSSR count). The molecule has 2 amide bonds. The van der Waals surface area contributed by atoms with Gasteiger partial charge in [0.2, 0.25) is 17.7 Å². The van der Waals surface area contributed by atoms with Crippen LogP contribution in [0.1, 0.15) is 6.92 Å². The van der Waals surface area contributed by atoms with E-state index in [-0.39, 0.29) is 22.8 Å². The molecule has 0 atom stereocenters. The van der Waals surface area contributed by atoms with Crippen LogP contribution in [-0.4, -0.2) is 42.0 Å². The molecule has 0 bridgehead atoms. The number of carbonyl (C=O) groups is 2. The molecule has 9 nitrogen and oxygen atoms in total. The number of carbonyl (C=O) groups excluding carboxylic acids is 2. The summed E-state index contributed by atoms with van der Waals surface area (Å²) >= 11 is 1.11. The molecular weight excluding hydrogens is 408 g/mol. The second kappa shape index (κ2) is 9.79. The number of aromatic nitrogens is 2. The fraction of sp³-hybridized carbons (Fsp3) is 0.200. The van der Waals surface area contributed by atoms with Crippen LogP contribution in [0, 0.1) is 0 Å². The number of benzene rings is 2. The van der Waals surface area contributed by atoms with Crippen LogP contribution in [-0.2, 0) is 9.59 Å². The van der Waals surface area contributed by atoms with Crippen molar-refractivity contribution in [3.8, 4) is 23.0 Å². The van der Waals surface area contributed by atoms with Gasteiger partial charge in [0, 0.05) is 24.2 Å². The van der Waals surface area contributed by atoms with Crippen LogP contribution < -0.4 is 20.1 Å². The fourth-order valence-electron chi connectivity index (χ4n) is 2.54. The van der Waals surface area contributed by atoms with E-state index in [1.54, 1.807) is 49.6 Å². The van der Waals surface area contributed by atoms with Gasteiger partial charge in [0.05, 0.1) is 25.7 Å². The summed E-state index contributed by atoms with van der Waals surface area (Å²) < 4.78 is 16.0. The smallest absolute Gasteiger partial charge is 0.277 e. The first kappa shape index (κ1) is 21.2. The highest BCUT2D eigenvalue weighted by Crippen LogP contribution is 2.29. The molecule has 2 N–H and O–H groups in total. The Morgan fingerprint density at radius 1 is 1.07 bits per heavy atom. The Bertz CT molecular complexity index is 1050. The van der Waals surface area contributed by atoms with Gasteiger partial charge in [-0.2, -0.15) is 0 Å². The zero-order valence-electron chi connectivity index (χ0n) is 16.6. The molecule has 10 heteroatoms. The minimum atomic E-state index is -0.265. The van der Waals surface area contributed by atoms with Crippen molar-refractivity contribution in [2.24, 2.45) is 0 Å². The fourth-order valence-corrected chi connectivity index (χ4v) is 3.11. The Morgan fingerprint density at radius 3 is 2.63 bits per heavy atom. The van der Waals surface area contributed by atoms with Crippen LogP contribution in [0.5, 0.6) is 11.5 Å². The molecule has 156 valence electrons. The average Bonchev–Trinajstić information content (AvgIpc) is 3.21. The van der Waals surface area contributed by atoms with E-state index < -0.39 is 0 Å². The van der Waals surface area contributed by atoms with Crippen molar-refractivity contribution in [1.82, 2.24) is 10.2 Å². The number of hydrogen-bond donors (Lipinski definition) is 2. The summed E-state index contributed by atoms with van der Waals surface area (Å²) in [5.74, 6) is 1.04. The highest BCUT2D eigenvalue weighted by Gasteiger charge is 2.14. The van der Waals surface area contributed by atoms with E-state index in [0.29, 0.717) is 34.3 Å². The number of rotatable bonds is 8. The minimum Gasteiger partial charge on any atom is -0.497 e. The summed E-state index contributed by atoms with van der Waals surface area (Å²) in [6.07, 6.45) is 0. The lowest BCUT2D eigenvalue weighted by atomic mass is 10.2. The third-order valence-electron chi connectivity index (χ3n) is 3.84. The van der Waals surface area contributed by atoms with Gasteiger partial charge in [0.25, 0.3) is 5.22 Å². The van der Waals surface area contributed by atoms with Crippen molar-refractivity contribution < 1.29 is 23.5 Å². The highest BCUT2D eigenvalue weighted by atomic mass is 32.2. The summed E-state index contributed by atoms with van der Waals surface area (Å²) in [4.78, 5) is 23.5. The maximum Gasteiger partial charge on any atom is 0.277 e. The minimum absolute atomic E-state index is 0.0634. The van der Waals surface area contributed by atoms with Gasteiger partial charge in [0.1, 0.15) is 11.5 Å². The SMILES string of the molecule is COc1ccc(OC)c(NC(=O)CSc2nnc(-c3cccc(NC(C)=O)c3)o2)c1. The van der Waals surface area contributed by atoms with E-state index in [1.807, 2.05) is 0 Å². The third kappa shape index (κ3) is 5.51. The molecule has 0 radical (unpaired) electrons. The van der Waals surface area contributed by atoms with E-state index >= 15 is 0 Å². The first-order valence-electron chi connectivity index (χ1n) is 8.84. The Kier molecular flexibility index (Phi) is 6.91. The predicted molar refractivity (Wildman–Crippen MR) is 113 cm³/mol. The molecule has 0 aliphatic heterocycles. The van der Waals surface area contributed by atoms with Crippen LogP contribution in [0.4, 0.5) is 11.4 Å². The van der Waals surface area contributed by atoms with Crippen molar-refractivity contribution in [3.05, 3.63) is 42.5 Å². The Morgan fingerprint density at radius 2 is 1.90 bits per heavy atom. The zero-order valence-corrected chi connectivity index (χ0v) is 17.4. The number of hydrogen-bond acceptors (Lipinski definition) is 8. The van der Waals surface area contributed by atoms with Crippen molar-refractivity contribution >= 4 is 35.0 Å². The normalized spacial score (nSPS) is 10.4. The van der Waals surface area contributed by atoms with Gasteiger partial charge in [0.15, 0.2) is 0 Å². The van der Waals surface area contributed by atoms with Crippen LogP contribution in [0.3, 0.4) is 0 Å². The Balaban J connectivity index is 1.62. The molecule has 30 heavy (non-hydrogen) atoms. The van der Waals surface area contributed by atoms with Crippen molar-refractivity contribution in [3.63, 3.8) is 0 Å². The monoisotopic (exact) mass is 428 g/mol. The van der Waals surface area contributed by atoms with Gasteiger partial charge >= 0.3 is 0 Å². The molecule has 0 fully saturated rings. The van der Waals surface area contributed by atoms with Gasteiger partial charge in [-0.05, 0) is 30.3 Å². The van der Waals surface area contributed by atoms with E-state index in [2.05, 4.69) is 20.8 Å². The van der Waals surface area contributed by atoms with Crippen LogP contribution in [0.25, 0.3) is 11.5 Å². The molecule has 1 aromatic heterocycles. The molecule has 0 aliphatic carbocycles. The summed E-state index contributed by atoms with van der Waals surface area (Å²) in [5.41, 5.74) is 1.79. The van der Waals surface area contributed by atoms with E-state index in [4.69, 9.17) is 13.9 Å². The third-order valence-corrected chi connectivity index (χ3v) is 4.66. The van der Waals surface area contributed by atoms with Crippen LogP contribution >= 0.6 is 11.8 Å². The summed E-state index contributed by atoms with van der Waals surface area (Å²) in [5, 5.41) is 13.7. The molecule has 0 aliphatic rings. The first-order chi connectivity index (χ1) is 14.5. The quantitative estimate of drug-likeness (QED) is 0.524. The summed E-state index contributed by atoms with van der Waals surface area (Å²) in [6.45, 7) is 1.43. The lowest BCUT2D eigenvalue weighted by Gasteiger charge is -2.11. The van der Waals surface area contributed by atoms with Gasteiger partial charge in [-0.3, -0.25) is 9.59 Å². The molecule has 0 saturated carbocycles. The highest BCUT2D eigenvalue weighted by molar-refractivity contribution is 7.99. The second-order valence-corrected chi connectivity index (χ2v) is 6.96. The van der Waals surface area contributed by atoms with Crippen molar-refractivity contribution in [1.29, 1.82) is 0 Å². The van der Waals surface area contributed by atoms with Gasteiger partial charge in [-0.15, -0.1) is 10.2 Å². The Labute approximate surface area is 177 Å².